The van der Waals surface area contributed by atoms with E-state index < -0.39 is 0 Å². The van der Waals surface area contributed by atoms with Crippen molar-refractivity contribution in [2.75, 3.05) is 20.6 Å². The standard InChI is InChI=1S/C17H27BrN2O/c1-6-13(7-2)16(20(4)5)11-19-17(21)14-10-12(3)8-9-15(14)18/h8-10,13,16H,6-7,11H2,1-5H3,(H,19,21). The first-order valence-corrected chi connectivity index (χ1v) is 8.40. The summed E-state index contributed by atoms with van der Waals surface area (Å²) in [6.45, 7) is 7.10. The molecule has 1 unspecified atom stereocenters. The number of nitrogens with one attached hydrogen (secondary N) is 1. The molecule has 0 aromatic heterocycles. The van der Waals surface area contributed by atoms with Gasteiger partial charge >= 0.3 is 0 Å². The van der Waals surface area contributed by atoms with Crippen LogP contribution < -0.4 is 5.32 Å². The van der Waals surface area contributed by atoms with Gasteiger partial charge in [0.1, 0.15) is 0 Å². The van der Waals surface area contributed by atoms with Crippen molar-refractivity contribution in [1.29, 1.82) is 0 Å². The number of benzene rings is 1. The maximum Gasteiger partial charge on any atom is 0.252 e. The average Bonchev–Trinajstić information content (AvgIpc) is 2.45. The molecule has 0 aliphatic carbocycles. The van der Waals surface area contributed by atoms with E-state index in [4.69, 9.17) is 0 Å². The lowest BCUT2D eigenvalue weighted by molar-refractivity contribution is 0.0928. The van der Waals surface area contributed by atoms with Gasteiger partial charge < -0.3 is 10.2 Å². The molecule has 1 N–H and O–H groups in total. The number of aryl methyl sites for hydroxylation is 1. The molecule has 1 aromatic carbocycles. The Morgan fingerprint density at radius 3 is 2.43 bits per heavy atom. The molecular formula is C17H27BrN2O. The highest BCUT2D eigenvalue weighted by Crippen LogP contribution is 2.19. The van der Waals surface area contributed by atoms with Crippen LogP contribution >= 0.6 is 15.9 Å². The van der Waals surface area contributed by atoms with Gasteiger partial charge in [-0.15, -0.1) is 0 Å². The molecule has 21 heavy (non-hydrogen) atoms. The van der Waals surface area contributed by atoms with Crippen LogP contribution in [0.1, 0.15) is 42.6 Å². The summed E-state index contributed by atoms with van der Waals surface area (Å²) in [7, 11) is 4.16. The van der Waals surface area contributed by atoms with Crippen LogP contribution in [0.15, 0.2) is 22.7 Å². The number of nitrogens with zero attached hydrogens (tertiary/aromatic N) is 1. The van der Waals surface area contributed by atoms with Crippen LogP contribution in [0.2, 0.25) is 0 Å². The zero-order valence-electron chi connectivity index (χ0n) is 13.7. The molecule has 0 heterocycles. The Balaban J connectivity index is 2.75. The summed E-state index contributed by atoms with van der Waals surface area (Å²) in [5.41, 5.74) is 1.80. The van der Waals surface area contributed by atoms with Crippen molar-refractivity contribution in [3.05, 3.63) is 33.8 Å². The predicted molar refractivity (Wildman–Crippen MR) is 92.8 cm³/mol. The van der Waals surface area contributed by atoms with Crippen molar-refractivity contribution >= 4 is 21.8 Å². The number of hydrogen-bond donors (Lipinski definition) is 1. The zero-order valence-corrected chi connectivity index (χ0v) is 15.3. The largest absolute Gasteiger partial charge is 0.350 e. The fraction of sp³-hybridized carbons (Fsp3) is 0.588. The van der Waals surface area contributed by atoms with Gasteiger partial charge in [0.2, 0.25) is 0 Å². The van der Waals surface area contributed by atoms with Crippen LogP contribution in [0, 0.1) is 12.8 Å². The summed E-state index contributed by atoms with van der Waals surface area (Å²) in [6.07, 6.45) is 2.26. The van der Waals surface area contributed by atoms with Crippen molar-refractivity contribution < 1.29 is 4.79 Å². The lowest BCUT2D eigenvalue weighted by Gasteiger charge is -2.31. The highest BCUT2D eigenvalue weighted by Gasteiger charge is 2.21. The number of carbonyl (C=O) groups excluding carboxylic acids is 1. The Morgan fingerprint density at radius 1 is 1.29 bits per heavy atom. The third-order valence-electron chi connectivity index (χ3n) is 4.09. The summed E-state index contributed by atoms with van der Waals surface area (Å²) in [5, 5.41) is 3.09. The molecule has 118 valence electrons. The number of amides is 1. The summed E-state index contributed by atoms with van der Waals surface area (Å²) < 4.78 is 0.842. The van der Waals surface area contributed by atoms with Crippen molar-refractivity contribution in [1.82, 2.24) is 10.2 Å². The van der Waals surface area contributed by atoms with E-state index in [1.165, 1.54) is 0 Å². The quantitative estimate of drug-likeness (QED) is 0.806. The highest BCUT2D eigenvalue weighted by molar-refractivity contribution is 9.10. The molecule has 1 atom stereocenters. The van der Waals surface area contributed by atoms with E-state index in [-0.39, 0.29) is 5.91 Å². The topological polar surface area (TPSA) is 32.3 Å². The van der Waals surface area contributed by atoms with E-state index in [9.17, 15) is 4.79 Å². The molecule has 0 fully saturated rings. The van der Waals surface area contributed by atoms with E-state index in [2.05, 4.69) is 54.1 Å². The average molecular weight is 355 g/mol. The van der Waals surface area contributed by atoms with Gasteiger partial charge in [-0.05, 0) is 55.0 Å². The maximum absolute atomic E-state index is 12.4. The predicted octanol–water partition coefficient (Wildman–Crippen LogP) is 3.85. The first kappa shape index (κ1) is 18.2. The van der Waals surface area contributed by atoms with Crippen molar-refractivity contribution in [3.63, 3.8) is 0 Å². The lowest BCUT2D eigenvalue weighted by atomic mass is 9.93. The molecule has 1 rings (SSSR count). The van der Waals surface area contributed by atoms with Crippen LogP contribution in [-0.2, 0) is 0 Å². The van der Waals surface area contributed by atoms with Gasteiger partial charge in [0.05, 0.1) is 5.56 Å². The lowest BCUT2D eigenvalue weighted by Crippen LogP contribution is -2.44. The molecule has 0 aliphatic rings. The summed E-state index contributed by atoms with van der Waals surface area (Å²) in [4.78, 5) is 14.6. The number of carbonyl (C=O) groups is 1. The maximum atomic E-state index is 12.4. The first-order chi connectivity index (χ1) is 9.90. The Hall–Kier alpha value is -0.870. The molecule has 1 aromatic rings. The normalized spacial score (nSPS) is 12.8. The fourth-order valence-corrected chi connectivity index (χ4v) is 3.14. The summed E-state index contributed by atoms with van der Waals surface area (Å²) >= 11 is 3.45. The second-order valence-corrected chi connectivity index (χ2v) is 6.66. The van der Waals surface area contributed by atoms with E-state index in [1.54, 1.807) is 0 Å². The SMILES string of the molecule is CCC(CC)C(CNC(=O)c1cc(C)ccc1Br)N(C)C. The van der Waals surface area contributed by atoms with Gasteiger partial charge in [0.15, 0.2) is 0 Å². The molecule has 4 heteroatoms. The van der Waals surface area contributed by atoms with E-state index in [1.807, 2.05) is 25.1 Å². The number of hydrogen-bond acceptors (Lipinski definition) is 2. The smallest absolute Gasteiger partial charge is 0.252 e. The molecular weight excluding hydrogens is 328 g/mol. The minimum absolute atomic E-state index is 0.0108. The van der Waals surface area contributed by atoms with E-state index >= 15 is 0 Å². The monoisotopic (exact) mass is 354 g/mol. The van der Waals surface area contributed by atoms with E-state index in [0.717, 1.165) is 22.9 Å². The Labute approximate surface area is 137 Å². The van der Waals surface area contributed by atoms with Crippen LogP contribution in [0.3, 0.4) is 0 Å². The van der Waals surface area contributed by atoms with Crippen molar-refractivity contribution in [3.8, 4) is 0 Å². The van der Waals surface area contributed by atoms with Gasteiger partial charge in [0, 0.05) is 17.1 Å². The molecule has 0 spiro atoms. The van der Waals surface area contributed by atoms with E-state index in [0.29, 0.717) is 24.1 Å². The number of rotatable bonds is 7. The second kappa shape index (κ2) is 8.54. The van der Waals surface area contributed by atoms with Crippen LogP contribution in [0.4, 0.5) is 0 Å². The first-order valence-electron chi connectivity index (χ1n) is 7.61. The molecule has 3 nitrogen and oxygen atoms in total. The highest BCUT2D eigenvalue weighted by atomic mass is 79.9. The summed E-state index contributed by atoms with van der Waals surface area (Å²) in [6, 6.07) is 6.20. The molecule has 0 saturated carbocycles. The van der Waals surface area contributed by atoms with Crippen molar-refractivity contribution in [2.24, 2.45) is 5.92 Å². The van der Waals surface area contributed by atoms with Gasteiger partial charge in [0.25, 0.3) is 5.91 Å². The third-order valence-corrected chi connectivity index (χ3v) is 4.79. The minimum Gasteiger partial charge on any atom is -0.350 e. The Morgan fingerprint density at radius 2 is 1.90 bits per heavy atom. The van der Waals surface area contributed by atoms with Gasteiger partial charge in [-0.25, -0.2) is 0 Å². The Kier molecular flexibility index (Phi) is 7.40. The molecule has 1 amide bonds. The third kappa shape index (κ3) is 5.11. The van der Waals surface area contributed by atoms with Crippen LogP contribution in [0.5, 0.6) is 0 Å². The fourth-order valence-electron chi connectivity index (χ4n) is 2.71. The number of likely N-dealkylation sites (N-methyl/N-ethyl adjacent to an activating group) is 1. The Bertz CT molecular complexity index is 470. The van der Waals surface area contributed by atoms with Gasteiger partial charge in [-0.1, -0.05) is 38.3 Å². The second-order valence-electron chi connectivity index (χ2n) is 5.80. The van der Waals surface area contributed by atoms with Crippen LogP contribution in [0.25, 0.3) is 0 Å². The van der Waals surface area contributed by atoms with Crippen LogP contribution in [-0.4, -0.2) is 37.5 Å². The summed E-state index contributed by atoms with van der Waals surface area (Å²) in [5.74, 6) is 0.588. The molecule has 0 radical (unpaired) electrons. The molecule has 0 bridgehead atoms. The zero-order chi connectivity index (χ0) is 16.0. The van der Waals surface area contributed by atoms with Gasteiger partial charge in [-0.3, -0.25) is 4.79 Å². The minimum atomic E-state index is -0.0108. The molecule has 0 aliphatic heterocycles. The van der Waals surface area contributed by atoms with Crippen molar-refractivity contribution in [2.45, 2.75) is 39.7 Å². The van der Waals surface area contributed by atoms with Gasteiger partial charge in [-0.2, -0.15) is 0 Å². The number of halogens is 1. The molecule has 0 saturated heterocycles.